The maximum Gasteiger partial charge on any atom is 0.0856 e. The molecular formula is C11H13ClN2S. The highest BCUT2D eigenvalue weighted by atomic mass is 35.5. The highest BCUT2D eigenvalue weighted by Crippen LogP contribution is 2.26. The van der Waals surface area contributed by atoms with E-state index >= 15 is 0 Å². The van der Waals surface area contributed by atoms with Crippen molar-refractivity contribution in [2.75, 3.05) is 0 Å². The zero-order valence-electron chi connectivity index (χ0n) is 8.44. The summed E-state index contributed by atoms with van der Waals surface area (Å²) in [5.74, 6) is 0. The number of allylic oxidation sites excluding steroid dienone is 1. The Morgan fingerprint density at radius 3 is 2.53 bits per heavy atom. The molecule has 2 N–H and O–H groups in total. The predicted octanol–water partition coefficient (Wildman–Crippen LogP) is 3.34. The highest BCUT2D eigenvalue weighted by molar-refractivity contribution is 7.90. The van der Waals surface area contributed by atoms with Crippen LogP contribution in [0.15, 0.2) is 35.0 Å². The van der Waals surface area contributed by atoms with Crippen LogP contribution >= 0.6 is 24.2 Å². The largest absolute Gasteiger partial charge is 0.390 e. The molecule has 1 rings (SSSR count). The number of hydrogen-bond acceptors (Lipinski definition) is 2. The number of rotatable bonds is 3. The lowest BCUT2D eigenvalue weighted by Gasteiger charge is -2.05. The third-order valence-corrected chi connectivity index (χ3v) is 2.72. The molecule has 2 nitrogen and oxygen atoms in total. The fourth-order valence-electron chi connectivity index (χ4n) is 1.18. The van der Waals surface area contributed by atoms with E-state index in [1.165, 1.54) is 6.34 Å². The van der Waals surface area contributed by atoms with E-state index in [0.717, 1.165) is 22.6 Å². The zero-order valence-corrected chi connectivity index (χ0v) is 10.1. The van der Waals surface area contributed by atoms with Crippen molar-refractivity contribution in [1.82, 2.24) is 0 Å². The summed E-state index contributed by atoms with van der Waals surface area (Å²) in [6.45, 7) is 2.01. The van der Waals surface area contributed by atoms with E-state index in [-0.39, 0.29) is 0 Å². The first kappa shape index (κ1) is 12.1. The average molecular weight is 241 g/mol. The highest BCUT2D eigenvalue weighted by Gasteiger charge is 2.02. The summed E-state index contributed by atoms with van der Waals surface area (Å²) >= 11 is 10.2. The van der Waals surface area contributed by atoms with Crippen LogP contribution in [-0.4, -0.2) is 6.34 Å². The van der Waals surface area contributed by atoms with Crippen LogP contribution < -0.4 is 5.73 Å². The molecule has 0 heterocycles. The number of benzene rings is 1. The van der Waals surface area contributed by atoms with Gasteiger partial charge in [0.25, 0.3) is 0 Å². The first-order valence-corrected chi connectivity index (χ1v) is 5.43. The van der Waals surface area contributed by atoms with Crippen LogP contribution in [0.3, 0.4) is 0 Å². The molecule has 1 aromatic carbocycles. The SMILES string of the molecule is CC/C(N=CN)=C(/S)c1ccc(Cl)cc1. The molecule has 1 aromatic rings. The Balaban J connectivity index is 3.10. The fraction of sp³-hybridized carbons (Fsp3) is 0.182. The quantitative estimate of drug-likeness (QED) is 0.475. The minimum atomic E-state index is 0.709. The lowest BCUT2D eigenvalue weighted by atomic mass is 10.1. The second-order valence-corrected chi connectivity index (χ2v) is 3.82. The number of aliphatic imine (C=N–C) groups is 1. The summed E-state index contributed by atoms with van der Waals surface area (Å²) in [7, 11) is 0. The molecule has 15 heavy (non-hydrogen) atoms. The maximum absolute atomic E-state index is 5.80. The van der Waals surface area contributed by atoms with Gasteiger partial charge in [0.1, 0.15) is 0 Å². The van der Waals surface area contributed by atoms with E-state index in [2.05, 4.69) is 17.6 Å². The van der Waals surface area contributed by atoms with Gasteiger partial charge in [-0.3, -0.25) is 0 Å². The Kier molecular flexibility index (Phi) is 4.72. The summed E-state index contributed by atoms with van der Waals surface area (Å²) in [6.07, 6.45) is 2.07. The van der Waals surface area contributed by atoms with E-state index < -0.39 is 0 Å². The van der Waals surface area contributed by atoms with Crippen molar-refractivity contribution >= 4 is 35.5 Å². The minimum Gasteiger partial charge on any atom is -0.390 e. The van der Waals surface area contributed by atoms with Crippen molar-refractivity contribution in [2.45, 2.75) is 13.3 Å². The summed E-state index contributed by atoms with van der Waals surface area (Å²) in [6, 6.07) is 7.47. The van der Waals surface area contributed by atoms with Gasteiger partial charge in [0.2, 0.25) is 0 Å². The molecule has 0 saturated carbocycles. The Hall–Kier alpha value is -0.930. The second-order valence-electron chi connectivity index (χ2n) is 2.93. The molecular weight excluding hydrogens is 228 g/mol. The van der Waals surface area contributed by atoms with E-state index in [4.69, 9.17) is 17.3 Å². The van der Waals surface area contributed by atoms with Crippen LogP contribution in [0.2, 0.25) is 5.02 Å². The van der Waals surface area contributed by atoms with Crippen molar-refractivity contribution in [3.8, 4) is 0 Å². The summed E-state index contributed by atoms with van der Waals surface area (Å²) in [5.41, 5.74) is 7.12. The van der Waals surface area contributed by atoms with Gasteiger partial charge in [-0.05, 0) is 24.1 Å². The molecule has 0 bridgehead atoms. The first-order valence-electron chi connectivity index (χ1n) is 4.61. The van der Waals surface area contributed by atoms with E-state index in [1.54, 1.807) is 0 Å². The molecule has 0 amide bonds. The standard InChI is InChI=1S/C11H13ClN2S/c1-2-10(14-7-13)11(15)8-3-5-9(12)6-4-8/h3-7,15H,2H2,1H3,(H2,13,14)/b11-10-. The van der Waals surface area contributed by atoms with Gasteiger partial charge in [-0.25, -0.2) is 4.99 Å². The molecule has 0 aliphatic heterocycles. The number of halogens is 1. The maximum atomic E-state index is 5.80. The van der Waals surface area contributed by atoms with E-state index in [9.17, 15) is 0 Å². The average Bonchev–Trinajstić information content (AvgIpc) is 2.26. The molecule has 0 unspecified atom stereocenters. The normalized spacial score (nSPS) is 13.0. The van der Waals surface area contributed by atoms with Crippen LogP contribution in [0.1, 0.15) is 18.9 Å². The Morgan fingerprint density at radius 1 is 1.47 bits per heavy atom. The topological polar surface area (TPSA) is 38.4 Å². The molecule has 0 aliphatic rings. The van der Waals surface area contributed by atoms with Crippen LogP contribution in [-0.2, 0) is 0 Å². The van der Waals surface area contributed by atoms with Gasteiger partial charge < -0.3 is 5.73 Å². The van der Waals surface area contributed by atoms with Gasteiger partial charge in [-0.15, -0.1) is 12.6 Å². The molecule has 0 spiro atoms. The summed E-state index contributed by atoms with van der Waals surface area (Å²) < 4.78 is 0. The van der Waals surface area contributed by atoms with Crippen LogP contribution in [0, 0.1) is 0 Å². The smallest absolute Gasteiger partial charge is 0.0856 e. The van der Waals surface area contributed by atoms with Crippen molar-refractivity contribution in [3.63, 3.8) is 0 Å². The first-order chi connectivity index (χ1) is 7.19. The molecule has 4 heteroatoms. The van der Waals surface area contributed by atoms with Crippen LogP contribution in [0.4, 0.5) is 0 Å². The van der Waals surface area contributed by atoms with Crippen molar-refractivity contribution in [2.24, 2.45) is 10.7 Å². The van der Waals surface area contributed by atoms with Gasteiger partial charge in [-0.1, -0.05) is 30.7 Å². The number of hydrogen-bond donors (Lipinski definition) is 2. The monoisotopic (exact) mass is 240 g/mol. The Morgan fingerprint density at radius 2 is 2.07 bits per heavy atom. The van der Waals surface area contributed by atoms with Crippen molar-refractivity contribution < 1.29 is 0 Å². The molecule has 0 aromatic heterocycles. The van der Waals surface area contributed by atoms with Gasteiger partial charge in [0.05, 0.1) is 12.0 Å². The molecule has 0 saturated heterocycles. The Labute approximate surface area is 100 Å². The van der Waals surface area contributed by atoms with E-state index in [1.807, 2.05) is 31.2 Å². The van der Waals surface area contributed by atoms with Gasteiger partial charge in [0, 0.05) is 9.93 Å². The summed E-state index contributed by atoms with van der Waals surface area (Å²) in [5, 5.41) is 0.709. The molecule has 0 fully saturated rings. The number of nitrogens with two attached hydrogens (primary N) is 1. The zero-order chi connectivity index (χ0) is 11.3. The predicted molar refractivity (Wildman–Crippen MR) is 70.3 cm³/mol. The Bertz CT molecular complexity index is 382. The van der Waals surface area contributed by atoms with Gasteiger partial charge in [0.15, 0.2) is 0 Å². The number of thiol groups is 1. The van der Waals surface area contributed by atoms with Crippen LogP contribution in [0.5, 0.6) is 0 Å². The lowest BCUT2D eigenvalue weighted by Crippen LogP contribution is -1.91. The number of nitrogens with zero attached hydrogens (tertiary/aromatic N) is 1. The van der Waals surface area contributed by atoms with Crippen molar-refractivity contribution in [3.05, 3.63) is 40.5 Å². The fourth-order valence-corrected chi connectivity index (χ4v) is 1.68. The minimum absolute atomic E-state index is 0.709. The molecule has 0 atom stereocenters. The van der Waals surface area contributed by atoms with Gasteiger partial charge in [-0.2, -0.15) is 0 Å². The van der Waals surface area contributed by atoms with Crippen LogP contribution in [0.25, 0.3) is 4.91 Å². The summed E-state index contributed by atoms with van der Waals surface area (Å²) in [4.78, 5) is 4.89. The third-order valence-electron chi connectivity index (χ3n) is 1.96. The second kappa shape index (κ2) is 5.83. The lowest BCUT2D eigenvalue weighted by molar-refractivity contribution is 1.08. The third kappa shape index (κ3) is 3.29. The van der Waals surface area contributed by atoms with E-state index in [0.29, 0.717) is 5.02 Å². The van der Waals surface area contributed by atoms with Crippen molar-refractivity contribution in [1.29, 1.82) is 0 Å². The molecule has 0 radical (unpaired) electrons. The molecule has 80 valence electrons. The van der Waals surface area contributed by atoms with Gasteiger partial charge >= 0.3 is 0 Å². The molecule has 0 aliphatic carbocycles.